The van der Waals surface area contributed by atoms with Gasteiger partial charge in [-0.05, 0) is 33.4 Å². The first-order valence-electron chi connectivity index (χ1n) is 3.71. The summed E-state index contributed by atoms with van der Waals surface area (Å²) in [7, 11) is 0. The third-order valence-corrected chi connectivity index (χ3v) is 3.48. The van der Waals surface area contributed by atoms with Crippen LogP contribution in [0.1, 0.15) is 0 Å². The van der Waals surface area contributed by atoms with Crippen molar-refractivity contribution in [2.75, 3.05) is 5.73 Å². The van der Waals surface area contributed by atoms with Crippen LogP contribution in [0.4, 0.5) is 11.4 Å². The number of anilines is 1. The van der Waals surface area contributed by atoms with Crippen molar-refractivity contribution in [1.29, 1.82) is 0 Å². The molecule has 2 aromatic rings. The molecule has 72 valence electrons. The number of nitrogens with zero attached hydrogens (tertiary/aromatic N) is 1. The van der Waals surface area contributed by atoms with Crippen LogP contribution in [-0.4, -0.2) is 4.92 Å². The van der Waals surface area contributed by atoms with Gasteiger partial charge in [0.05, 0.1) is 4.92 Å². The quantitative estimate of drug-likeness (QED) is 0.493. The van der Waals surface area contributed by atoms with Crippen LogP contribution >= 0.6 is 27.3 Å². The average molecular weight is 273 g/mol. The van der Waals surface area contributed by atoms with Crippen molar-refractivity contribution in [1.82, 2.24) is 0 Å². The van der Waals surface area contributed by atoms with Gasteiger partial charge < -0.3 is 5.73 Å². The van der Waals surface area contributed by atoms with Gasteiger partial charge in [-0.15, -0.1) is 11.3 Å². The van der Waals surface area contributed by atoms with Gasteiger partial charge in [0.1, 0.15) is 10.4 Å². The number of nitro groups is 1. The Bertz CT molecular complexity index is 523. The maximum Gasteiger partial charge on any atom is 0.310 e. The molecule has 0 spiro atoms. The molecule has 1 aromatic carbocycles. The molecule has 2 rings (SSSR count). The largest absolute Gasteiger partial charge is 0.392 e. The summed E-state index contributed by atoms with van der Waals surface area (Å²) in [5, 5.41) is 13.4. The minimum absolute atomic E-state index is 0.00984. The fourth-order valence-corrected chi connectivity index (χ4v) is 2.60. The lowest BCUT2D eigenvalue weighted by atomic mass is 10.2. The number of nitro benzene ring substituents is 1. The van der Waals surface area contributed by atoms with E-state index in [4.69, 9.17) is 5.73 Å². The van der Waals surface area contributed by atoms with E-state index in [0.717, 1.165) is 5.39 Å². The Labute approximate surface area is 91.6 Å². The number of hydrogen-bond donors (Lipinski definition) is 1. The first kappa shape index (κ1) is 9.42. The number of hydrogen-bond acceptors (Lipinski definition) is 4. The molecule has 0 aliphatic carbocycles. The second-order valence-electron chi connectivity index (χ2n) is 2.72. The number of fused-ring (bicyclic) bond motifs is 1. The Hall–Kier alpha value is -1.14. The van der Waals surface area contributed by atoms with Gasteiger partial charge in [0.15, 0.2) is 0 Å². The van der Waals surface area contributed by atoms with Crippen molar-refractivity contribution in [2.45, 2.75) is 0 Å². The second kappa shape index (κ2) is 3.21. The summed E-state index contributed by atoms with van der Waals surface area (Å²) >= 11 is 4.52. The van der Waals surface area contributed by atoms with E-state index >= 15 is 0 Å². The molecule has 0 fully saturated rings. The second-order valence-corrected chi connectivity index (χ2v) is 4.49. The summed E-state index contributed by atoms with van der Waals surface area (Å²) < 4.78 is 1.19. The van der Waals surface area contributed by atoms with E-state index in [0.29, 0.717) is 9.17 Å². The molecule has 0 saturated carbocycles. The molecule has 6 heteroatoms. The van der Waals surface area contributed by atoms with E-state index in [1.165, 1.54) is 11.3 Å². The summed E-state index contributed by atoms with van der Waals surface area (Å²) in [6, 6.07) is 3.62. The third-order valence-electron chi connectivity index (χ3n) is 1.89. The summed E-state index contributed by atoms with van der Waals surface area (Å²) in [6.45, 7) is 0. The molecular formula is C8H5BrN2O2S. The third kappa shape index (κ3) is 1.27. The van der Waals surface area contributed by atoms with Gasteiger partial charge >= 0.3 is 5.69 Å². The molecular weight excluding hydrogens is 268 g/mol. The normalized spacial score (nSPS) is 10.6. The van der Waals surface area contributed by atoms with E-state index in [1.54, 1.807) is 6.07 Å². The highest BCUT2D eigenvalue weighted by Crippen LogP contribution is 2.39. The first-order chi connectivity index (χ1) is 6.61. The molecule has 0 saturated heterocycles. The number of thiophene rings is 1. The zero-order valence-electron chi connectivity index (χ0n) is 6.86. The average Bonchev–Trinajstić information content (AvgIpc) is 2.52. The monoisotopic (exact) mass is 272 g/mol. The van der Waals surface area contributed by atoms with Gasteiger partial charge in [-0.3, -0.25) is 10.1 Å². The lowest BCUT2D eigenvalue weighted by molar-refractivity contribution is -0.382. The fraction of sp³-hybridized carbons (Fsp3) is 0. The lowest BCUT2D eigenvalue weighted by Gasteiger charge is -2.00. The van der Waals surface area contributed by atoms with E-state index in [1.807, 2.05) is 11.4 Å². The van der Waals surface area contributed by atoms with Crippen molar-refractivity contribution >= 4 is 48.7 Å². The van der Waals surface area contributed by atoms with Crippen LogP contribution in [-0.2, 0) is 0 Å². The van der Waals surface area contributed by atoms with Gasteiger partial charge in [-0.1, -0.05) is 0 Å². The Morgan fingerprint density at radius 2 is 2.29 bits per heavy atom. The van der Waals surface area contributed by atoms with Crippen molar-refractivity contribution in [2.24, 2.45) is 0 Å². The molecule has 2 N–H and O–H groups in total. The maximum absolute atomic E-state index is 10.8. The molecule has 0 aliphatic heterocycles. The Morgan fingerprint density at radius 3 is 2.93 bits per heavy atom. The Morgan fingerprint density at radius 1 is 1.57 bits per heavy atom. The van der Waals surface area contributed by atoms with Crippen molar-refractivity contribution in [3.05, 3.63) is 32.1 Å². The van der Waals surface area contributed by atoms with Gasteiger partial charge in [0.2, 0.25) is 0 Å². The lowest BCUT2D eigenvalue weighted by Crippen LogP contribution is -1.96. The maximum atomic E-state index is 10.8. The molecule has 0 unspecified atom stereocenters. The molecule has 14 heavy (non-hydrogen) atoms. The molecule has 1 aromatic heterocycles. The van der Waals surface area contributed by atoms with Crippen LogP contribution in [0.25, 0.3) is 10.1 Å². The first-order valence-corrected chi connectivity index (χ1v) is 5.38. The Balaban J connectivity index is 2.93. The molecule has 0 amide bonds. The fourth-order valence-electron chi connectivity index (χ4n) is 1.26. The van der Waals surface area contributed by atoms with Gasteiger partial charge in [-0.2, -0.15) is 0 Å². The zero-order valence-corrected chi connectivity index (χ0v) is 9.26. The standard InChI is InChI=1S/C8H5BrN2O2S/c9-5-3-4-1-2-14-8(4)7(6(5)10)11(12)13/h1-3H,10H2. The van der Waals surface area contributed by atoms with E-state index in [2.05, 4.69) is 15.9 Å². The van der Waals surface area contributed by atoms with Crippen LogP contribution in [0, 0.1) is 10.1 Å². The molecule has 0 bridgehead atoms. The predicted octanol–water partition coefficient (Wildman–Crippen LogP) is 3.15. The number of halogens is 1. The molecule has 4 nitrogen and oxygen atoms in total. The van der Waals surface area contributed by atoms with Crippen LogP contribution in [0.5, 0.6) is 0 Å². The van der Waals surface area contributed by atoms with Crippen molar-refractivity contribution < 1.29 is 4.92 Å². The van der Waals surface area contributed by atoms with Crippen LogP contribution < -0.4 is 5.73 Å². The van der Waals surface area contributed by atoms with E-state index < -0.39 is 4.92 Å². The summed E-state index contributed by atoms with van der Waals surface area (Å²) in [5.74, 6) is 0. The SMILES string of the molecule is Nc1c(Br)cc2ccsc2c1[N+](=O)[O-]. The molecule has 0 aliphatic rings. The number of nitrogen functional groups attached to an aromatic ring is 1. The van der Waals surface area contributed by atoms with Gasteiger partial charge in [0.25, 0.3) is 0 Å². The highest BCUT2D eigenvalue weighted by atomic mass is 79.9. The highest BCUT2D eigenvalue weighted by Gasteiger charge is 2.20. The van der Waals surface area contributed by atoms with Crippen LogP contribution in [0.15, 0.2) is 22.0 Å². The smallest absolute Gasteiger partial charge is 0.310 e. The number of nitrogens with two attached hydrogens (primary N) is 1. The van der Waals surface area contributed by atoms with Crippen molar-refractivity contribution in [3.63, 3.8) is 0 Å². The van der Waals surface area contributed by atoms with Gasteiger partial charge in [0, 0.05) is 9.86 Å². The predicted molar refractivity (Wildman–Crippen MR) is 60.6 cm³/mol. The highest BCUT2D eigenvalue weighted by molar-refractivity contribution is 9.10. The molecule has 0 atom stereocenters. The van der Waals surface area contributed by atoms with E-state index in [9.17, 15) is 10.1 Å². The Kier molecular flexibility index (Phi) is 2.16. The molecule has 0 radical (unpaired) electrons. The van der Waals surface area contributed by atoms with Crippen LogP contribution in [0.3, 0.4) is 0 Å². The minimum Gasteiger partial charge on any atom is -0.392 e. The van der Waals surface area contributed by atoms with Gasteiger partial charge in [-0.25, -0.2) is 0 Å². The summed E-state index contributed by atoms with van der Waals surface area (Å²) in [4.78, 5) is 10.4. The zero-order chi connectivity index (χ0) is 10.3. The topological polar surface area (TPSA) is 69.2 Å². The van der Waals surface area contributed by atoms with Crippen molar-refractivity contribution in [3.8, 4) is 0 Å². The number of benzene rings is 1. The van der Waals surface area contributed by atoms with E-state index in [-0.39, 0.29) is 11.4 Å². The number of rotatable bonds is 1. The summed E-state index contributed by atoms with van der Waals surface area (Å²) in [5.41, 5.74) is 5.80. The van der Waals surface area contributed by atoms with Crippen LogP contribution in [0.2, 0.25) is 0 Å². The molecule has 1 heterocycles. The minimum atomic E-state index is -0.446. The summed E-state index contributed by atoms with van der Waals surface area (Å²) in [6.07, 6.45) is 0.